The largest absolute Gasteiger partial charge is 0.327 e. The van der Waals surface area contributed by atoms with Crippen LogP contribution in [0.15, 0.2) is 42.9 Å². The molecule has 0 radical (unpaired) electrons. The first-order chi connectivity index (χ1) is 8.43. The molecule has 4 nitrogen and oxygen atoms in total. The number of fused-ring (bicyclic) bond motifs is 1. The molecular formula is C13H12N4. The van der Waals surface area contributed by atoms with Gasteiger partial charge in [0.25, 0.3) is 0 Å². The Morgan fingerprint density at radius 1 is 1.12 bits per heavy atom. The lowest BCUT2D eigenvalue weighted by Gasteiger charge is -2.07. The number of rotatable bonds is 2. The van der Waals surface area contributed by atoms with Crippen molar-refractivity contribution < 1.29 is 0 Å². The van der Waals surface area contributed by atoms with Crippen molar-refractivity contribution >= 4 is 5.52 Å². The van der Waals surface area contributed by atoms with E-state index in [0.717, 1.165) is 17.0 Å². The summed E-state index contributed by atoms with van der Waals surface area (Å²) in [4.78, 5) is 4.48. The lowest BCUT2D eigenvalue weighted by molar-refractivity contribution is 0.742. The number of nitrogens with zero attached hydrogens (tertiary/aromatic N) is 4. The highest BCUT2D eigenvalue weighted by Crippen LogP contribution is 2.37. The summed E-state index contributed by atoms with van der Waals surface area (Å²) in [5, 5.41) is 4.36. The van der Waals surface area contributed by atoms with Crippen molar-refractivity contribution in [2.75, 3.05) is 0 Å². The van der Waals surface area contributed by atoms with Crippen molar-refractivity contribution in [3.63, 3.8) is 0 Å². The van der Waals surface area contributed by atoms with Crippen LogP contribution in [-0.4, -0.2) is 19.2 Å². The van der Waals surface area contributed by atoms with E-state index in [9.17, 15) is 0 Å². The van der Waals surface area contributed by atoms with Gasteiger partial charge in [0.05, 0.1) is 11.7 Å². The minimum atomic E-state index is 0.637. The topological polar surface area (TPSA) is 35.1 Å². The predicted molar refractivity (Wildman–Crippen MR) is 64.7 cm³/mol. The van der Waals surface area contributed by atoms with Crippen molar-refractivity contribution in [3.8, 4) is 11.5 Å². The van der Waals surface area contributed by atoms with E-state index in [2.05, 4.69) is 39.0 Å². The lowest BCUT2D eigenvalue weighted by Crippen LogP contribution is -2.01. The van der Waals surface area contributed by atoms with Crippen LogP contribution in [-0.2, 0) is 0 Å². The fourth-order valence-corrected chi connectivity index (χ4v) is 2.28. The van der Waals surface area contributed by atoms with Gasteiger partial charge < -0.3 is 4.57 Å². The first kappa shape index (κ1) is 8.98. The summed E-state index contributed by atoms with van der Waals surface area (Å²) in [6.45, 7) is 0. The normalized spacial score (nSPS) is 15.5. The SMILES string of the molecule is c1cc(-c2nccn2C2CC2)n2nccc2c1. The molecule has 84 valence electrons. The maximum atomic E-state index is 4.48. The highest BCUT2D eigenvalue weighted by molar-refractivity contribution is 5.59. The number of pyridine rings is 1. The smallest absolute Gasteiger partial charge is 0.158 e. The molecule has 4 rings (SSSR count). The second kappa shape index (κ2) is 3.20. The second-order valence-electron chi connectivity index (χ2n) is 4.47. The van der Waals surface area contributed by atoms with Crippen LogP contribution in [0.3, 0.4) is 0 Å². The third kappa shape index (κ3) is 1.30. The summed E-state index contributed by atoms with van der Waals surface area (Å²) in [6, 6.07) is 8.83. The van der Waals surface area contributed by atoms with Crippen LogP contribution >= 0.6 is 0 Å². The molecular weight excluding hydrogens is 212 g/mol. The van der Waals surface area contributed by atoms with Crippen LogP contribution in [0.25, 0.3) is 17.0 Å². The van der Waals surface area contributed by atoms with Crippen LogP contribution < -0.4 is 0 Å². The van der Waals surface area contributed by atoms with Gasteiger partial charge in [-0.1, -0.05) is 6.07 Å². The van der Waals surface area contributed by atoms with E-state index < -0.39 is 0 Å². The molecule has 0 spiro atoms. The van der Waals surface area contributed by atoms with Gasteiger partial charge in [-0.05, 0) is 31.0 Å². The molecule has 0 bridgehead atoms. The maximum Gasteiger partial charge on any atom is 0.158 e. The molecule has 1 saturated carbocycles. The Morgan fingerprint density at radius 2 is 2.06 bits per heavy atom. The van der Waals surface area contributed by atoms with Crippen molar-refractivity contribution in [1.82, 2.24) is 19.2 Å². The van der Waals surface area contributed by atoms with Crippen molar-refractivity contribution in [2.24, 2.45) is 0 Å². The molecule has 0 unspecified atom stereocenters. The third-order valence-corrected chi connectivity index (χ3v) is 3.26. The standard InChI is InChI=1S/C13H12N4/c1-2-11-6-7-15-17(11)12(3-1)13-14-8-9-16(13)10-4-5-10/h1-3,6-10H,4-5H2. The summed E-state index contributed by atoms with van der Waals surface area (Å²) in [5.74, 6) is 1.02. The predicted octanol–water partition coefficient (Wildman–Crippen LogP) is 2.53. The molecule has 3 aromatic rings. The average Bonchev–Trinajstić information content (AvgIpc) is 2.92. The highest BCUT2D eigenvalue weighted by Gasteiger charge is 2.26. The zero-order valence-electron chi connectivity index (χ0n) is 9.32. The van der Waals surface area contributed by atoms with Crippen molar-refractivity contribution in [1.29, 1.82) is 0 Å². The van der Waals surface area contributed by atoms with E-state index in [1.54, 1.807) is 0 Å². The van der Waals surface area contributed by atoms with Gasteiger partial charge in [-0.15, -0.1) is 0 Å². The van der Waals surface area contributed by atoms with Crippen LogP contribution in [0.5, 0.6) is 0 Å². The first-order valence-corrected chi connectivity index (χ1v) is 5.89. The van der Waals surface area contributed by atoms with E-state index >= 15 is 0 Å². The second-order valence-corrected chi connectivity index (χ2v) is 4.47. The average molecular weight is 224 g/mol. The fourth-order valence-electron chi connectivity index (χ4n) is 2.28. The van der Waals surface area contributed by atoms with Gasteiger partial charge in [-0.25, -0.2) is 9.50 Å². The lowest BCUT2D eigenvalue weighted by atomic mass is 10.3. The Bertz CT molecular complexity index is 675. The van der Waals surface area contributed by atoms with Crippen molar-refractivity contribution in [3.05, 3.63) is 42.9 Å². The monoisotopic (exact) mass is 224 g/mol. The van der Waals surface area contributed by atoms with Gasteiger partial charge in [0, 0.05) is 18.4 Å². The Balaban J connectivity index is 1.98. The number of hydrogen-bond donors (Lipinski definition) is 0. The van der Waals surface area contributed by atoms with Gasteiger partial charge in [0.1, 0.15) is 5.69 Å². The molecule has 1 aliphatic carbocycles. The first-order valence-electron chi connectivity index (χ1n) is 5.89. The number of imidazole rings is 1. The minimum absolute atomic E-state index is 0.637. The summed E-state index contributed by atoms with van der Waals surface area (Å²) in [5.41, 5.74) is 2.16. The van der Waals surface area contributed by atoms with E-state index in [0.29, 0.717) is 6.04 Å². The third-order valence-electron chi connectivity index (χ3n) is 3.26. The minimum Gasteiger partial charge on any atom is -0.327 e. The van der Waals surface area contributed by atoms with Crippen molar-refractivity contribution in [2.45, 2.75) is 18.9 Å². The van der Waals surface area contributed by atoms with E-state index in [4.69, 9.17) is 0 Å². The molecule has 0 N–H and O–H groups in total. The quantitative estimate of drug-likeness (QED) is 0.670. The molecule has 0 atom stereocenters. The van der Waals surface area contributed by atoms with Gasteiger partial charge in [-0.2, -0.15) is 5.10 Å². The van der Waals surface area contributed by atoms with Crippen LogP contribution in [0.4, 0.5) is 0 Å². The van der Waals surface area contributed by atoms with Crippen LogP contribution in [0.1, 0.15) is 18.9 Å². The van der Waals surface area contributed by atoms with Gasteiger partial charge in [-0.3, -0.25) is 0 Å². The summed E-state index contributed by atoms with van der Waals surface area (Å²) >= 11 is 0. The van der Waals surface area contributed by atoms with Crippen LogP contribution in [0, 0.1) is 0 Å². The molecule has 17 heavy (non-hydrogen) atoms. The Kier molecular flexibility index (Phi) is 1.69. The zero-order valence-corrected chi connectivity index (χ0v) is 9.32. The van der Waals surface area contributed by atoms with E-state index in [1.165, 1.54) is 12.8 Å². The van der Waals surface area contributed by atoms with Gasteiger partial charge in [0.15, 0.2) is 5.82 Å². The van der Waals surface area contributed by atoms with Gasteiger partial charge >= 0.3 is 0 Å². The Labute approximate surface area is 98.5 Å². The highest BCUT2D eigenvalue weighted by atomic mass is 15.2. The molecule has 3 heterocycles. The summed E-state index contributed by atoms with van der Waals surface area (Å²) in [6.07, 6.45) is 8.28. The molecule has 1 fully saturated rings. The Hall–Kier alpha value is -2.10. The molecule has 0 amide bonds. The summed E-state index contributed by atoms with van der Waals surface area (Å²) in [7, 11) is 0. The maximum absolute atomic E-state index is 4.48. The molecule has 1 aliphatic rings. The molecule has 4 heteroatoms. The molecule has 0 aliphatic heterocycles. The van der Waals surface area contributed by atoms with E-state index in [-0.39, 0.29) is 0 Å². The zero-order chi connectivity index (χ0) is 11.2. The fraction of sp³-hybridized carbons (Fsp3) is 0.231. The summed E-state index contributed by atoms with van der Waals surface area (Å²) < 4.78 is 4.21. The van der Waals surface area contributed by atoms with Crippen LogP contribution in [0.2, 0.25) is 0 Å². The Morgan fingerprint density at radius 3 is 2.94 bits per heavy atom. The number of hydrogen-bond acceptors (Lipinski definition) is 2. The van der Waals surface area contributed by atoms with E-state index in [1.807, 2.05) is 23.0 Å². The molecule has 0 aromatic carbocycles. The molecule has 3 aromatic heterocycles. The molecule has 0 saturated heterocycles. The van der Waals surface area contributed by atoms with Gasteiger partial charge in [0.2, 0.25) is 0 Å². The number of aromatic nitrogens is 4.